The molecular weight excluding hydrogens is 944 g/mol. The fraction of sp³-hybridized carbons (Fsp3) is 0.667. The summed E-state index contributed by atoms with van der Waals surface area (Å²) in [7, 11) is 4.46. The molecule has 2 saturated heterocycles. The van der Waals surface area contributed by atoms with Gasteiger partial charge in [-0.05, 0) is 87.0 Å². The SMILES string of the molecule is CC(C)C[C@@H]1NC(=O)[C@@H](N(C)C(=O)[C@H](CC2CCC2)NC(=O)[C@@H]2CCCN2C(=O)C2(C(F)(F)F)CC(F)C2)CCCCN(C)C(=O)[C@@H](C)NC(=O)[C@H](Cc2cc(Cl)ccc2-c2cncs2)N(C)C1=O. The van der Waals surface area contributed by atoms with Crippen LogP contribution >= 0.6 is 22.9 Å². The third-order valence-corrected chi connectivity index (χ3v) is 15.4. The summed E-state index contributed by atoms with van der Waals surface area (Å²) >= 11 is 7.87. The third-order valence-electron chi connectivity index (χ3n) is 14.4. The summed E-state index contributed by atoms with van der Waals surface area (Å²) in [6.07, 6.45) is -3.38. The predicted molar refractivity (Wildman–Crippen MR) is 251 cm³/mol. The largest absolute Gasteiger partial charge is 0.403 e. The Labute approximate surface area is 409 Å². The first-order valence-corrected chi connectivity index (χ1v) is 25.2. The van der Waals surface area contributed by atoms with E-state index in [0.717, 1.165) is 34.6 Å². The van der Waals surface area contributed by atoms with Crippen LogP contribution in [0, 0.1) is 17.3 Å². The quantitative estimate of drug-likeness (QED) is 0.227. The Morgan fingerprint density at radius 1 is 0.957 bits per heavy atom. The number of nitrogens with one attached hydrogen (secondary N) is 3. The smallest absolute Gasteiger partial charge is 0.344 e. The van der Waals surface area contributed by atoms with Crippen molar-refractivity contribution in [2.24, 2.45) is 17.3 Å². The summed E-state index contributed by atoms with van der Waals surface area (Å²) in [5.74, 6) is -5.19. The second kappa shape index (κ2) is 22.5. The number of hydrogen-bond acceptors (Lipinski definition) is 9. The van der Waals surface area contributed by atoms with E-state index in [1.54, 1.807) is 43.9 Å². The van der Waals surface area contributed by atoms with Crippen LogP contribution in [0.2, 0.25) is 5.02 Å². The van der Waals surface area contributed by atoms with Crippen molar-refractivity contribution in [2.45, 2.75) is 153 Å². The van der Waals surface area contributed by atoms with Gasteiger partial charge in [0, 0.05) is 64.7 Å². The van der Waals surface area contributed by atoms with Crippen molar-refractivity contribution < 1.29 is 51.1 Å². The molecule has 2 aromatic rings. The molecule has 2 saturated carbocycles. The first-order chi connectivity index (χ1) is 32.5. The lowest BCUT2D eigenvalue weighted by atomic mass is 9.65. The lowest BCUT2D eigenvalue weighted by molar-refractivity contribution is -0.260. The Bertz CT molecular complexity index is 2210. The molecule has 6 rings (SSSR count). The number of amides is 7. The van der Waals surface area contributed by atoms with Gasteiger partial charge >= 0.3 is 6.18 Å². The highest BCUT2D eigenvalue weighted by molar-refractivity contribution is 7.13. The molecule has 2 aliphatic carbocycles. The molecule has 4 fully saturated rings. The molecular formula is C48H65ClF4N8O7S. The Hall–Kier alpha value is -4.85. The zero-order valence-electron chi connectivity index (χ0n) is 40.1. The number of likely N-dealkylation sites (N-methyl/N-ethyl adjacent to an activating group) is 3. The molecule has 6 atom stereocenters. The van der Waals surface area contributed by atoms with Gasteiger partial charge in [-0.3, -0.25) is 38.5 Å². The van der Waals surface area contributed by atoms with E-state index in [9.17, 15) is 51.1 Å². The Morgan fingerprint density at radius 3 is 2.28 bits per heavy atom. The topological polar surface area (TPSA) is 181 Å². The normalized spacial score (nSPS) is 27.3. The van der Waals surface area contributed by atoms with Gasteiger partial charge in [-0.1, -0.05) is 50.8 Å². The van der Waals surface area contributed by atoms with Gasteiger partial charge in [-0.15, -0.1) is 11.3 Å². The van der Waals surface area contributed by atoms with Crippen molar-refractivity contribution in [1.29, 1.82) is 0 Å². The predicted octanol–water partition coefficient (Wildman–Crippen LogP) is 5.68. The Kier molecular flexibility index (Phi) is 17.4. The van der Waals surface area contributed by atoms with Crippen LogP contribution in [0.4, 0.5) is 17.6 Å². The van der Waals surface area contributed by atoms with Crippen LogP contribution in [0.1, 0.15) is 103 Å². The third kappa shape index (κ3) is 12.2. The van der Waals surface area contributed by atoms with Gasteiger partial charge in [0.25, 0.3) is 0 Å². The maximum absolute atomic E-state index is 14.8. The zero-order chi connectivity index (χ0) is 50.5. The van der Waals surface area contributed by atoms with Gasteiger partial charge in [0.2, 0.25) is 41.4 Å². The molecule has 0 radical (unpaired) electrons. The minimum Gasteiger partial charge on any atom is -0.344 e. The number of aromatic nitrogens is 1. The maximum Gasteiger partial charge on any atom is 0.403 e. The molecule has 3 N–H and O–H groups in total. The van der Waals surface area contributed by atoms with E-state index in [0.29, 0.717) is 23.4 Å². The maximum atomic E-state index is 14.8. The number of halogens is 5. The van der Waals surface area contributed by atoms with Crippen LogP contribution in [-0.2, 0) is 40.0 Å². The second-order valence-corrected chi connectivity index (χ2v) is 21.1. The molecule has 0 bridgehead atoms. The van der Waals surface area contributed by atoms with E-state index in [-0.39, 0.29) is 69.4 Å². The number of hydrogen-bond donors (Lipinski definition) is 3. The highest BCUT2D eigenvalue weighted by Crippen LogP contribution is 2.56. The average molecular weight is 1010 g/mol. The summed E-state index contributed by atoms with van der Waals surface area (Å²) in [6, 6.07) is -1.88. The molecule has 0 spiro atoms. The van der Waals surface area contributed by atoms with Crippen LogP contribution in [0.5, 0.6) is 0 Å². The summed E-state index contributed by atoms with van der Waals surface area (Å²) in [6.45, 7) is 5.40. The van der Waals surface area contributed by atoms with E-state index in [4.69, 9.17) is 11.6 Å². The summed E-state index contributed by atoms with van der Waals surface area (Å²) < 4.78 is 56.8. The van der Waals surface area contributed by atoms with Crippen molar-refractivity contribution in [1.82, 2.24) is 40.5 Å². The zero-order valence-corrected chi connectivity index (χ0v) is 41.7. The molecule has 1 aromatic heterocycles. The molecule has 4 aliphatic rings. The van der Waals surface area contributed by atoms with Crippen molar-refractivity contribution in [3.63, 3.8) is 0 Å². The van der Waals surface area contributed by atoms with E-state index < -0.39 is 102 Å². The number of carbonyl (C=O) groups excluding carboxylic acids is 7. The van der Waals surface area contributed by atoms with E-state index in [1.165, 1.54) is 40.1 Å². The number of nitrogens with zero attached hydrogens (tertiary/aromatic N) is 5. The summed E-state index contributed by atoms with van der Waals surface area (Å²) in [5, 5.41) is 8.87. The van der Waals surface area contributed by atoms with Crippen LogP contribution in [0.15, 0.2) is 29.9 Å². The minimum absolute atomic E-state index is 0.0248. The summed E-state index contributed by atoms with van der Waals surface area (Å²) in [5.41, 5.74) is 0.124. The molecule has 15 nitrogen and oxygen atoms in total. The van der Waals surface area contributed by atoms with Gasteiger partial charge in [-0.25, -0.2) is 4.39 Å². The highest BCUT2D eigenvalue weighted by atomic mass is 35.5. The first kappa shape index (κ1) is 53.5. The van der Waals surface area contributed by atoms with Crippen molar-refractivity contribution in [3.8, 4) is 10.4 Å². The van der Waals surface area contributed by atoms with Gasteiger partial charge in [0.15, 0.2) is 0 Å². The van der Waals surface area contributed by atoms with E-state index in [1.807, 2.05) is 13.8 Å². The molecule has 21 heteroatoms. The number of carbonyl (C=O) groups is 7. The monoisotopic (exact) mass is 1010 g/mol. The molecule has 2 aliphatic heterocycles. The number of alkyl halides is 4. The lowest BCUT2D eigenvalue weighted by Gasteiger charge is -2.46. The molecule has 380 valence electrons. The fourth-order valence-corrected chi connectivity index (χ4v) is 10.9. The van der Waals surface area contributed by atoms with Gasteiger partial charge in [0.05, 0.1) is 10.4 Å². The standard InChI is InChI=1S/C48H65ClF4N8O7S/c1-27(2)19-34-44(66)60(6)38(22-30-21-31(49)15-16-33(30)39-25-54-26-69-39)42(64)55-28(3)43(65)58(4)17-8-7-13-36(40(62)56-34)59(5)45(67)35(20-29-11-9-12-29)57-41(63)37-14-10-18-61(37)46(68)47(48(51,52)53)23-32(50)24-47/h15-16,21,25-29,32,34-38H,7-14,17-20,22-24H2,1-6H3,(H,55,64)(H,56,62)(H,57,63)/t28-,32?,34+,35+,36+,37+,38+,47?/m1/s1. The second-order valence-electron chi connectivity index (χ2n) is 19.8. The van der Waals surface area contributed by atoms with Crippen LogP contribution in [0.25, 0.3) is 10.4 Å². The van der Waals surface area contributed by atoms with Crippen molar-refractivity contribution in [3.05, 3.63) is 40.5 Å². The number of thiazole rings is 1. The highest BCUT2D eigenvalue weighted by Gasteiger charge is 2.69. The van der Waals surface area contributed by atoms with E-state index >= 15 is 0 Å². The average Bonchev–Trinajstić information content (AvgIpc) is 3.99. The lowest BCUT2D eigenvalue weighted by Crippen LogP contribution is -2.63. The molecule has 3 heterocycles. The fourth-order valence-electron chi connectivity index (χ4n) is 10.0. The van der Waals surface area contributed by atoms with Gasteiger partial charge in [0.1, 0.15) is 47.8 Å². The minimum atomic E-state index is -5.02. The van der Waals surface area contributed by atoms with Crippen LogP contribution < -0.4 is 16.0 Å². The molecule has 0 unspecified atom stereocenters. The van der Waals surface area contributed by atoms with Gasteiger partial charge in [-0.2, -0.15) is 13.2 Å². The van der Waals surface area contributed by atoms with Gasteiger partial charge < -0.3 is 35.6 Å². The summed E-state index contributed by atoms with van der Waals surface area (Å²) in [4.78, 5) is 110. The van der Waals surface area contributed by atoms with Crippen molar-refractivity contribution >= 4 is 64.3 Å². The van der Waals surface area contributed by atoms with Crippen LogP contribution in [0.3, 0.4) is 0 Å². The number of rotatable bonds is 12. The molecule has 1 aromatic carbocycles. The first-order valence-electron chi connectivity index (χ1n) is 23.9. The van der Waals surface area contributed by atoms with Crippen LogP contribution in [-0.4, -0.2) is 149 Å². The molecule has 7 amide bonds. The molecule has 69 heavy (non-hydrogen) atoms. The van der Waals surface area contributed by atoms with Crippen molar-refractivity contribution in [2.75, 3.05) is 34.2 Å². The number of benzene rings is 1. The Morgan fingerprint density at radius 2 is 1.67 bits per heavy atom. The number of likely N-dealkylation sites (tertiary alicyclic amines) is 1. The van der Waals surface area contributed by atoms with E-state index in [2.05, 4.69) is 20.9 Å². The Balaban J connectivity index is 1.28.